The summed E-state index contributed by atoms with van der Waals surface area (Å²) in [4.78, 5) is 16.2. The molecule has 0 radical (unpaired) electrons. The predicted molar refractivity (Wildman–Crippen MR) is 66.5 cm³/mol. The minimum absolute atomic E-state index is 0.0788. The summed E-state index contributed by atoms with van der Waals surface area (Å²) < 4.78 is 2.21. The highest BCUT2D eigenvalue weighted by atomic mass is 16.2. The van der Waals surface area contributed by atoms with Gasteiger partial charge < -0.3 is 9.88 Å². The molecule has 2 heterocycles. The largest absolute Gasteiger partial charge is 0.350 e. The van der Waals surface area contributed by atoms with Gasteiger partial charge in [0, 0.05) is 17.7 Å². The number of fused-ring (bicyclic) bond motifs is 1. The van der Waals surface area contributed by atoms with Crippen LogP contribution in [0.5, 0.6) is 0 Å². The molecule has 0 fully saturated rings. The molecule has 0 aliphatic carbocycles. The molecule has 2 rings (SSSR count). The lowest BCUT2D eigenvalue weighted by Gasteiger charge is -2.18. The number of nitrogens with zero attached hydrogens (tertiary/aromatic N) is 2. The molecule has 0 atom stereocenters. The topological polar surface area (TPSA) is 46.9 Å². The fraction of sp³-hybridized carbons (Fsp3) is 0.692. The standard InChI is InChI=1S/C13H21N3O/c1-13(2,3)12(17)14-8-10-11-6-4-5-7-16(11)9-15-10/h9H,4-8H2,1-3H3,(H,14,17). The van der Waals surface area contributed by atoms with Crippen LogP contribution < -0.4 is 5.32 Å². The van der Waals surface area contributed by atoms with Crippen LogP contribution in [-0.2, 0) is 24.3 Å². The lowest BCUT2D eigenvalue weighted by Crippen LogP contribution is -2.34. The summed E-state index contributed by atoms with van der Waals surface area (Å²) in [5, 5.41) is 2.96. The molecule has 0 aromatic carbocycles. The zero-order chi connectivity index (χ0) is 12.5. The first kappa shape index (κ1) is 12.1. The van der Waals surface area contributed by atoms with Gasteiger partial charge in [-0.05, 0) is 19.3 Å². The molecular formula is C13H21N3O. The number of aromatic nitrogens is 2. The summed E-state index contributed by atoms with van der Waals surface area (Å²) in [6.07, 6.45) is 5.44. The number of amides is 1. The fourth-order valence-electron chi connectivity index (χ4n) is 2.08. The Morgan fingerprint density at radius 3 is 2.94 bits per heavy atom. The Balaban J connectivity index is 2.00. The highest BCUT2D eigenvalue weighted by Crippen LogP contribution is 2.18. The summed E-state index contributed by atoms with van der Waals surface area (Å²) in [5.41, 5.74) is 1.99. The molecule has 0 saturated carbocycles. The molecular weight excluding hydrogens is 214 g/mol. The van der Waals surface area contributed by atoms with Crippen molar-refractivity contribution >= 4 is 5.91 Å². The number of aryl methyl sites for hydroxylation is 1. The van der Waals surface area contributed by atoms with Crippen LogP contribution in [0.25, 0.3) is 0 Å². The lowest BCUT2D eigenvalue weighted by molar-refractivity contribution is -0.128. The van der Waals surface area contributed by atoms with Gasteiger partial charge in [0.1, 0.15) is 0 Å². The van der Waals surface area contributed by atoms with Gasteiger partial charge in [-0.2, -0.15) is 0 Å². The maximum Gasteiger partial charge on any atom is 0.225 e. The Labute approximate surface area is 102 Å². The monoisotopic (exact) mass is 235 g/mol. The molecule has 0 saturated heterocycles. The Hall–Kier alpha value is -1.32. The molecule has 17 heavy (non-hydrogen) atoms. The van der Waals surface area contributed by atoms with Crippen LogP contribution in [0, 0.1) is 5.41 Å². The van der Waals surface area contributed by atoms with E-state index in [1.807, 2.05) is 27.1 Å². The first-order chi connectivity index (χ1) is 7.98. The molecule has 1 aliphatic heterocycles. The van der Waals surface area contributed by atoms with Crippen molar-refractivity contribution in [1.82, 2.24) is 14.9 Å². The van der Waals surface area contributed by atoms with E-state index in [-0.39, 0.29) is 11.3 Å². The summed E-state index contributed by atoms with van der Waals surface area (Å²) in [6, 6.07) is 0. The Kier molecular flexibility index (Phi) is 3.22. The molecule has 1 aromatic rings. The zero-order valence-corrected chi connectivity index (χ0v) is 10.9. The van der Waals surface area contributed by atoms with E-state index in [1.54, 1.807) is 0 Å². The van der Waals surface area contributed by atoms with Gasteiger partial charge in [-0.3, -0.25) is 4.79 Å². The van der Waals surface area contributed by atoms with Gasteiger partial charge in [0.2, 0.25) is 5.91 Å². The SMILES string of the molecule is CC(C)(C)C(=O)NCc1ncn2c1CCCC2. The van der Waals surface area contributed by atoms with Crippen molar-refractivity contribution in [3.05, 3.63) is 17.7 Å². The number of carbonyl (C=O) groups is 1. The smallest absolute Gasteiger partial charge is 0.225 e. The fourth-order valence-corrected chi connectivity index (χ4v) is 2.08. The molecule has 1 aromatic heterocycles. The molecule has 1 aliphatic rings. The van der Waals surface area contributed by atoms with Crippen molar-refractivity contribution in [2.24, 2.45) is 5.41 Å². The van der Waals surface area contributed by atoms with Crippen LogP contribution in [0.1, 0.15) is 45.0 Å². The summed E-state index contributed by atoms with van der Waals surface area (Å²) >= 11 is 0. The van der Waals surface area contributed by atoms with Gasteiger partial charge in [0.25, 0.3) is 0 Å². The van der Waals surface area contributed by atoms with Crippen LogP contribution >= 0.6 is 0 Å². The highest BCUT2D eigenvalue weighted by molar-refractivity contribution is 5.81. The summed E-state index contributed by atoms with van der Waals surface area (Å²) in [6.45, 7) is 7.38. The third kappa shape index (κ3) is 2.68. The van der Waals surface area contributed by atoms with Crippen LogP contribution in [0.15, 0.2) is 6.33 Å². The molecule has 0 bridgehead atoms. The Bertz CT molecular complexity index is 415. The maximum atomic E-state index is 11.8. The molecule has 4 heteroatoms. The number of hydrogen-bond acceptors (Lipinski definition) is 2. The first-order valence-electron chi connectivity index (χ1n) is 6.29. The first-order valence-corrected chi connectivity index (χ1v) is 6.29. The van der Waals surface area contributed by atoms with Crippen LogP contribution in [0.2, 0.25) is 0 Å². The lowest BCUT2D eigenvalue weighted by atomic mass is 9.95. The number of imidazole rings is 1. The number of rotatable bonds is 2. The van der Waals surface area contributed by atoms with Gasteiger partial charge in [0.15, 0.2) is 0 Å². The second kappa shape index (κ2) is 4.51. The number of carbonyl (C=O) groups excluding carboxylic acids is 1. The van der Waals surface area contributed by atoms with Gasteiger partial charge in [-0.15, -0.1) is 0 Å². The second-order valence-corrected chi connectivity index (χ2v) is 5.72. The average molecular weight is 235 g/mol. The van der Waals surface area contributed by atoms with E-state index in [0.717, 1.165) is 18.7 Å². The van der Waals surface area contributed by atoms with E-state index in [0.29, 0.717) is 6.54 Å². The quantitative estimate of drug-likeness (QED) is 0.850. The Morgan fingerprint density at radius 1 is 1.47 bits per heavy atom. The van der Waals surface area contributed by atoms with Gasteiger partial charge in [-0.25, -0.2) is 4.98 Å². The predicted octanol–water partition coefficient (Wildman–Crippen LogP) is 1.88. The number of hydrogen-bond donors (Lipinski definition) is 1. The molecule has 0 spiro atoms. The van der Waals surface area contributed by atoms with E-state index in [9.17, 15) is 4.79 Å². The molecule has 1 amide bonds. The van der Waals surface area contributed by atoms with E-state index in [4.69, 9.17) is 0 Å². The van der Waals surface area contributed by atoms with E-state index in [1.165, 1.54) is 18.5 Å². The van der Waals surface area contributed by atoms with E-state index >= 15 is 0 Å². The summed E-state index contributed by atoms with van der Waals surface area (Å²) in [7, 11) is 0. The van der Waals surface area contributed by atoms with Crippen LogP contribution in [-0.4, -0.2) is 15.5 Å². The van der Waals surface area contributed by atoms with Crippen molar-refractivity contribution in [1.29, 1.82) is 0 Å². The van der Waals surface area contributed by atoms with Crippen molar-refractivity contribution < 1.29 is 4.79 Å². The second-order valence-electron chi connectivity index (χ2n) is 5.72. The van der Waals surface area contributed by atoms with E-state index < -0.39 is 0 Å². The van der Waals surface area contributed by atoms with Crippen LogP contribution in [0.4, 0.5) is 0 Å². The molecule has 1 N–H and O–H groups in total. The Morgan fingerprint density at radius 2 is 2.24 bits per heavy atom. The van der Waals surface area contributed by atoms with Crippen molar-refractivity contribution in [3.63, 3.8) is 0 Å². The third-order valence-corrected chi connectivity index (χ3v) is 3.19. The number of nitrogens with one attached hydrogen (secondary N) is 1. The van der Waals surface area contributed by atoms with Crippen molar-refractivity contribution in [2.75, 3.05) is 0 Å². The normalized spacial score (nSPS) is 15.5. The van der Waals surface area contributed by atoms with Crippen molar-refractivity contribution in [3.8, 4) is 0 Å². The molecule has 4 nitrogen and oxygen atoms in total. The zero-order valence-electron chi connectivity index (χ0n) is 10.9. The average Bonchev–Trinajstić information content (AvgIpc) is 2.68. The van der Waals surface area contributed by atoms with E-state index in [2.05, 4.69) is 14.9 Å². The minimum atomic E-state index is -0.334. The third-order valence-electron chi connectivity index (χ3n) is 3.19. The molecule has 0 unspecified atom stereocenters. The van der Waals surface area contributed by atoms with Crippen molar-refractivity contribution in [2.45, 2.75) is 53.1 Å². The van der Waals surface area contributed by atoms with Gasteiger partial charge in [-0.1, -0.05) is 20.8 Å². The maximum absolute atomic E-state index is 11.8. The summed E-state index contributed by atoms with van der Waals surface area (Å²) in [5.74, 6) is 0.0788. The van der Waals surface area contributed by atoms with Gasteiger partial charge >= 0.3 is 0 Å². The van der Waals surface area contributed by atoms with Crippen LogP contribution in [0.3, 0.4) is 0 Å². The minimum Gasteiger partial charge on any atom is -0.350 e. The molecule has 94 valence electrons. The van der Waals surface area contributed by atoms with Gasteiger partial charge in [0.05, 0.1) is 18.6 Å². The highest BCUT2D eigenvalue weighted by Gasteiger charge is 2.22.